The van der Waals surface area contributed by atoms with E-state index in [0.717, 1.165) is 17.7 Å². The molecule has 0 unspecified atom stereocenters. The third kappa shape index (κ3) is 3.90. The van der Waals surface area contributed by atoms with Crippen molar-refractivity contribution in [3.05, 3.63) is 47.5 Å². The first-order chi connectivity index (χ1) is 12.8. The first kappa shape index (κ1) is 18.8. The van der Waals surface area contributed by atoms with Gasteiger partial charge in [0.05, 0.1) is 29.5 Å². The highest BCUT2D eigenvalue weighted by molar-refractivity contribution is 6.05. The first-order valence-corrected chi connectivity index (χ1v) is 8.94. The van der Waals surface area contributed by atoms with Gasteiger partial charge in [-0.25, -0.2) is 4.98 Å². The molecule has 0 aliphatic rings. The summed E-state index contributed by atoms with van der Waals surface area (Å²) in [5.41, 5.74) is 8.43. The van der Waals surface area contributed by atoms with E-state index < -0.39 is 0 Å². The maximum atomic E-state index is 12.7. The number of aromatic amines is 1. The molecule has 8 heteroatoms. The third-order valence-electron chi connectivity index (χ3n) is 4.21. The van der Waals surface area contributed by atoms with Crippen molar-refractivity contribution < 1.29 is 4.79 Å². The Hall–Kier alpha value is -3.00. The number of hydrogen-bond donors (Lipinski definition) is 3. The van der Waals surface area contributed by atoms with Crippen molar-refractivity contribution in [2.24, 2.45) is 5.73 Å². The van der Waals surface area contributed by atoms with Crippen molar-refractivity contribution in [2.75, 3.05) is 5.32 Å². The molecule has 0 radical (unpaired) electrons. The van der Waals surface area contributed by atoms with Gasteiger partial charge in [0.15, 0.2) is 5.82 Å². The minimum Gasteiger partial charge on any atom is -0.324 e. The van der Waals surface area contributed by atoms with E-state index in [1.54, 1.807) is 6.20 Å². The van der Waals surface area contributed by atoms with Crippen LogP contribution in [0.25, 0.3) is 11.4 Å². The van der Waals surface area contributed by atoms with Crippen molar-refractivity contribution in [1.29, 1.82) is 0 Å². The Bertz CT molecular complexity index is 932. The largest absolute Gasteiger partial charge is 0.324 e. The van der Waals surface area contributed by atoms with Gasteiger partial charge in [-0.15, -0.1) is 0 Å². The SMILES string of the molecule is CCc1c(C(=O)Nc2ccc(-c3n[nH]c(CN)n3)cc2)cnn1C(C)(C)C. The number of nitrogens with zero attached hydrogens (tertiary/aromatic N) is 4. The zero-order valence-electron chi connectivity index (χ0n) is 16.1. The van der Waals surface area contributed by atoms with Gasteiger partial charge in [0.2, 0.25) is 0 Å². The van der Waals surface area contributed by atoms with Gasteiger partial charge in [-0.1, -0.05) is 6.92 Å². The maximum Gasteiger partial charge on any atom is 0.259 e. The summed E-state index contributed by atoms with van der Waals surface area (Å²) < 4.78 is 1.91. The van der Waals surface area contributed by atoms with Gasteiger partial charge in [-0.3, -0.25) is 14.6 Å². The summed E-state index contributed by atoms with van der Waals surface area (Å²) in [6.07, 6.45) is 2.36. The van der Waals surface area contributed by atoms with Crippen LogP contribution in [0.5, 0.6) is 0 Å². The molecule has 2 aromatic heterocycles. The Balaban J connectivity index is 1.78. The highest BCUT2D eigenvalue weighted by Gasteiger charge is 2.23. The number of carbonyl (C=O) groups excluding carboxylic acids is 1. The zero-order chi connectivity index (χ0) is 19.6. The lowest BCUT2D eigenvalue weighted by Gasteiger charge is -2.22. The standard InChI is InChI=1S/C19H25N7O/c1-5-15-14(11-21-26(15)19(2,3)4)18(27)22-13-8-6-12(7-9-13)17-23-16(10-20)24-25-17/h6-9,11H,5,10,20H2,1-4H3,(H,22,27)(H,23,24,25). The quantitative estimate of drug-likeness (QED) is 0.641. The van der Waals surface area contributed by atoms with Crippen LogP contribution in [-0.4, -0.2) is 30.9 Å². The summed E-state index contributed by atoms with van der Waals surface area (Å²) >= 11 is 0. The van der Waals surface area contributed by atoms with Gasteiger partial charge in [0.25, 0.3) is 5.91 Å². The van der Waals surface area contributed by atoms with Crippen LogP contribution in [0.3, 0.4) is 0 Å². The molecule has 2 heterocycles. The van der Waals surface area contributed by atoms with E-state index in [9.17, 15) is 4.79 Å². The normalized spacial score (nSPS) is 11.6. The van der Waals surface area contributed by atoms with Crippen LogP contribution >= 0.6 is 0 Å². The molecule has 3 rings (SSSR count). The summed E-state index contributed by atoms with van der Waals surface area (Å²) in [5, 5.41) is 14.3. The average Bonchev–Trinajstić information content (AvgIpc) is 3.28. The third-order valence-corrected chi connectivity index (χ3v) is 4.21. The lowest BCUT2D eigenvalue weighted by molar-refractivity contribution is 0.102. The van der Waals surface area contributed by atoms with Gasteiger partial charge < -0.3 is 11.1 Å². The molecule has 0 spiro atoms. The molecule has 0 fully saturated rings. The predicted molar refractivity (Wildman–Crippen MR) is 104 cm³/mol. The summed E-state index contributed by atoms with van der Waals surface area (Å²) in [6, 6.07) is 7.37. The smallest absolute Gasteiger partial charge is 0.259 e. The van der Waals surface area contributed by atoms with Crippen LogP contribution in [0.15, 0.2) is 30.5 Å². The highest BCUT2D eigenvalue weighted by atomic mass is 16.1. The molecule has 4 N–H and O–H groups in total. The van der Waals surface area contributed by atoms with Gasteiger partial charge in [-0.2, -0.15) is 10.2 Å². The molecule has 3 aromatic rings. The molecular formula is C19H25N7O. The van der Waals surface area contributed by atoms with E-state index in [1.807, 2.05) is 35.9 Å². The Labute approximate surface area is 158 Å². The van der Waals surface area contributed by atoms with E-state index >= 15 is 0 Å². The molecule has 0 aliphatic carbocycles. The van der Waals surface area contributed by atoms with Crippen LogP contribution in [0, 0.1) is 0 Å². The lowest BCUT2D eigenvalue weighted by atomic mass is 10.1. The van der Waals surface area contributed by atoms with Gasteiger partial charge in [0, 0.05) is 11.3 Å². The predicted octanol–water partition coefficient (Wildman–Crippen LogP) is 2.70. The molecule has 1 amide bonds. The minimum atomic E-state index is -0.176. The van der Waals surface area contributed by atoms with Crippen molar-refractivity contribution in [3.63, 3.8) is 0 Å². The maximum absolute atomic E-state index is 12.7. The molecular weight excluding hydrogens is 342 g/mol. The fraction of sp³-hybridized carbons (Fsp3) is 0.368. The Kier molecular flexibility index (Phi) is 5.09. The van der Waals surface area contributed by atoms with Crippen LogP contribution in [0.4, 0.5) is 5.69 Å². The Morgan fingerprint density at radius 1 is 1.26 bits per heavy atom. The summed E-state index contributed by atoms with van der Waals surface area (Å²) in [5.74, 6) is 1.04. The van der Waals surface area contributed by atoms with E-state index in [0.29, 0.717) is 29.4 Å². The van der Waals surface area contributed by atoms with Crippen molar-refractivity contribution >= 4 is 11.6 Å². The number of benzene rings is 1. The topological polar surface area (TPSA) is 115 Å². The molecule has 0 bridgehead atoms. The fourth-order valence-corrected chi connectivity index (χ4v) is 2.90. The molecule has 27 heavy (non-hydrogen) atoms. The fourth-order valence-electron chi connectivity index (χ4n) is 2.90. The van der Waals surface area contributed by atoms with Crippen molar-refractivity contribution in [2.45, 2.75) is 46.2 Å². The molecule has 0 saturated heterocycles. The Morgan fingerprint density at radius 2 is 1.96 bits per heavy atom. The Morgan fingerprint density at radius 3 is 2.52 bits per heavy atom. The number of nitrogens with one attached hydrogen (secondary N) is 2. The van der Waals surface area contributed by atoms with Gasteiger partial charge >= 0.3 is 0 Å². The van der Waals surface area contributed by atoms with Crippen molar-refractivity contribution in [1.82, 2.24) is 25.0 Å². The second kappa shape index (κ2) is 7.32. The van der Waals surface area contributed by atoms with Gasteiger partial charge in [0.1, 0.15) is 5.82 Å². The molecule has 8 nitrogen and oxygen atoms in total. The summed E-state index contributed by atoms with van der Waals surface area (Å²) in [7, 11) is 0. The summed E-state index contributed by atoms with van der Waals surface area (Å²) in [6.45, 7) is 8.54. The van der Waals surface area contributed by atoms with Crippen LogP contribution < -0.4 is 11.1 Å². The minimum absolute atomic E-state index is 0.168. The zero-order valence-corrected chi connectivity index (χ0v) is 16.1. The summed E-state index contributed by atoms with van der Waals surface area (Å²) in [4.78, 5) is 17.0. The van der Waals surface area contributed by atoms with E-state index in [2.05, 4.69) is 46.4 Å². The second-order valence-electron chi connectivity index (χ2n) is 7.28. The number of H-pyrrole nitrogens is 1. The monoisotopic (exact) mass is 367 g/mol. The van der Waals surface area contributed by atoms with Crippen LogP contribution in [0.2, 0.25) is 0 Å². The number of rotatable bonds is 5. The molecule has 0 aliphatic heterocycles. The second-order valence-corrected chi connectivity index (χ2v) is 7.28. The van der Waals surface area contributed by atoms with Crippen LogP contribution in [-0.2, 0) is 18.5 Å². The number of anilines is 1. The molecule has 142 valence electrons. The number of nitrogens with two attached hydrogens (primary N) is 1. The molecule has 0 saturated carbocycles. The first-order valence-electron chi connectivity index (χ1n) is 8.94. The molecule has 0 atom stereocenters. The van der Waals surface area contributed by atoms with Crippen LogP contribution in [0.1, 0.15) is 49.6 Å². The lowest BCUT2D eigenvalue weighted by Crippen LogP contribution is -2.26. The highest BCUT2D eigenvalue weighted by Crippen LogP contribution is 2.22. The van der Waals surface area contributed by atoms with E-state index in [1.165, 1.54) is 0 Å². The van der Waals surface area contributed by atoms with Gasteiger partial charge in [-0.05, 0) is 51.5 Å². The van der Waals surface area contributed by atoms with E-state index in [4.69, 9.17) is 5.73 Å². The number of aromatic nitrogens is 5. The van der Waals surface area contributed by atoms with Crippen molar-refractivity contribution in [3.8, 4) is 11.4 Å². The molecule has 1 aromatic carbocycles. The number of amides is 1. The van der Waals surface area contributed by atoms with E-state index in [-0.39, 0.29) is 11.4 Å². The number of carbonyl (C=O) groups is 1. The number of hydrogen-bond acceptors (Lipinski definition) is 5. The average molecular weight is 367 g/mol.